The number of carboxylic acid groups (broad SMARTS) is 1. The third-order valence-corrected chi connectivity index (χ3v) is 4.63. The maximum atomic E-state index is 12.3. The van der Waals surface area contributed by atoms with Crippen LogP contribution in [-0.4, -0.2) is 25.5 Å². The van der Waals surface area contributed by atoms with Crippen LogP contribution >= 0.6 is 11.6 Å². The molecule has 0 aromatic heterocycles. The quantitative estimate of drug-likeness (QED) is 0.892. The second kappa shape index (κ2) is 5.71. The molecule has 5 nitrogen and oxygen atoms in total. The summed E-state index contributed by atoms with van der Waals surface area (Å²) in [5, 5.41) is 9.61. The summed E-state index contributed by atoms with van der Waals surface area (Å²) in [6.45, 7) is 6.57. The topological polar surface area (TPSA) is 83.5 Å². The zero-order valence-corrected chi connectivity index (χ0v) is 13.3. The van der Waals surface area contributed by atoms with E-state index in [4.69, 9.17) is 11.6 Å². The van der Waals surface area contributed by atoms with E-state index in [9.17, 15) is 18.3 Å². The number of hydrogen-bond donors (Lipinski definition) is 2. The minimum absolute atomic E-state index is 0.0254. The molecule has 20 heavy (non-hydrogen) atoms. The molecule has 0 aliphatic rings. The molecular formula is C13H18ClNO4S. The first-order valence-corrected chi connectivity index (χ1v) is 7.82. The van der Waals surface area contributed by atoms with Gasteiger partial charge in [0.15, 0.2) is 0 Å². The van der Waals surface area contributed by atoms with Crippen molar-refractivity contribution in [2.75, 3.05) is 0 Å². The van der Waals surface area contributed by atoms with E-state index in [1.165, 1.54) is 18.2 Å². The molecule has 112 valence electrons. The number of nitrogens with one attached hydrogen (secondary N) is 1. The van der Waals surface area contributed by atoms with E-state index in [1.807, 2.05) is 0 Å². The lowest BCUT2D eigenvalue weighted by molar-refractivity contribution is -0.141. The van der Waals surface area contributed by atoms with Gasteiger partial charge >= 0.3 is 5.97 Å². The van der Waals surface area contributed by atoms with Crippen LogP contribution in [0.3, 0.4) is 0 Å². The lowest BCUT2D eigenvalue weighted by Crippen LogP contribution is -2.49. The first-order chi connectivity index (χ1) is 8.95. The average Bonchev–Trinajstić information content (AvgIpc) is 2.23. The van der Waals surface area contributed by atoms with Crippen LogP contribution < -0.4 is 4.72 Å². The number of halogens is 1. The highest BCUT2D eigenvalue weighted by Gasteiger charge is 2.35. The molecule has 1 atom stereocenters. The Balaban J connectivity index is 3.20. The van der Waals surface area contributed by atoms with Crippen molar-refractivity contribution >= 4 is 27.6 Å². The molecule has 1 rings (SSSR count). The average molecular weight is 320 g/mol. The molecule has 0 aliphatic heterocycles. The molecule has 0 aliphatic carbocycles. The fourth-order valence-electron chi connectivity index (χ4n) is 1.73. The van der Waals surface area contributed by atoms with Gasteiger partial charge in [-0.25, -0.2) is 8.42 Å². The number of aryl methyl sites for hydroxylation is 1. The zero-order valence-electron chi connectivity index (χ0n) is 11.8. The molecular weight excluding hydrogens is 302 g/mol. The normalized spacial score (nSPS) is 14.1. The van der Waals surface area contributed by atoms with Crippen molar-refractivity contribution in [1.29, 1.82) is 0 Å². The number of rotatable bonds is 4. The molecule has 0 bridgehead atoms. The summed E-state index contributed by atoms with van der Waals surface area (Å²) in [7, 11) is -3.92. The van der Waals surface area contributed by atoms with Gasteiger partial charge in [-0.2, -0.15) is 4.72 Å². The van der Waals surface area contributed by atoms with Crippen molar-refractivity contribution in [3.05, 3.63) is 28.8 Å². The van der Waals surface area contributed by atoms with Crippen LogP contribution in [0, 0.1) is 12.3 Å². The molecule has 0 fully saturated rings. The van der Waals surface area contributed by atoms with Crippen molar-refractivity contribution in [3.8, 4) is 0 Å². The van der Waals surface area contributed by atoms with Crippen molar-refractivity contribution in [3.63, 3.8) is 0 Å². The van der Waals surface area contributed by atoms with Gasteiger partial charge in [-0.1, -0.05) is 32.4 Å². The molecule has 7 heteroatoms. The van der Waals surface area contributed by atoms with E-state index in [0.29, 0.717) is 10.6 Å². The van der Waals surface area contributed by atoms with Gasteiger partial charge in [-0.15, -0.1) is 0 Å². The molecule has 1 unspecified atom stereocenters. The van der Waals surface area contributed by atoms with E-state index >= 15 is 0 Å². The molecule has 0 heterocycles. The predicted octanol–water partition coefficient (Wildman–Crippen LogP) is 2.43. The van der Waals surface area contributed by atoms with Crippen LogP contribution in [-0.2, 0) is 14.8 Å². The van der Waals surface area contributed by atoms with E-state index in [0.717, 1.165) is 0 Å². The number of aliphatic carboxylic acids is 1. The monoisotopic (exact) mass is 319 g/mol. The number of hydrogen-bond acceptors (Lipinski definition) is 3. The summed E-state index contributed by atoms with van der Waals surface area (Å²) >= 11 is 5.79. The third-order valence-electron chi connectivity index (χ3n) is 2.81. The molecule has 1 aromatic carbocycles. The Labute approximate surface area is 124 Å². The van der Waals surface area contributed by atoms with Crippen molar-refractivity contribution in [2.45, 2.75) is 38.6 Å². The summed E-state index contributed by atoms with van der Waals surface area (Å²) in [6, 6.07) is 3.11. The first kappa shape index (κ1) is 16.9. The molecule has 0 amide bonds. The maximum absolute atomic E-state index is 12.3. The second-order valence-electron chi connectivity index (χ2n) is 5.67. The molecule has 2 N–H and O–H groups in total. The third kappa shape index (κ3) is 3.94. The Hall–Kier alpha value is -1.11. The van der Waals surface area contributed by atoms with Crippen LogP contribution in [0.2, 0.25) is 5.02 Å². The number of carboxylic acids is 1. The highest BCUT2D eigenvalue weighted by Crippen LogP contribution is 2.24. The minimum atomic E-state index is -3.92. The maximum Gasteiger partial charge on any atom is 0.322 e. The Morgan fingerprint density at radius 1 is 1.35 bits per heavy atom. The van der Waals surface area contributed by atoms with Gasteiger partial charge in [0, 0.05) is 5.02 Å². The van der Waals surface area contributed by atoms with Crippen molar-refractivity contribution in [2.24, 2.45) is 5.41 Å². The first-order valence-electron chi connectivity index (χ1n) is 5.96. The van der Waals surface area contributed by atoms with Crippen LogP contribution in [0.15, 0.2) is 23.1 Å². The van der Waals surface area contributed by atoms with E-state index in [1.54, 1.807) is 27.7 Å². The van der Waals surface area contributed by atoms with Crippen LogP contribution in [0.25, 0.3) is 0 Å². The van der Waals surface area contributed by atoms with Crippen LogP contribution in [0.4, 0.5) is 0 Å². The summed E-state index contributed by atoms with van der Waals surface area (Å²) in [5.41, 5.74) is -0.290. The van der Waals surface area contributed by atoms with Crippen LogP contribution in [0.5, 0.6) is 0 Å². The SMILES string of the molecule is Cc1cc(Cl)ccc1S(=O)(=O)NC(C(=O)O)C(C)(C)C. The number of sulfonamides is 1. The highest BCUT2D eigenvalue weighted by molar-refractivity contribution is 7.89. The fourth-order valence-corrected chi connectivity index (χ4v) is 3.58. The molecule has 0 saturated carbocycles. The molecule has 0 radical (unpaired) electrons. The van der Waals surface area contributed by atoms with Gasteiger partial charge in [0.05, 0.1) is 4.90 Å². The zero-order chi connectivity index (χ0) is 15.7. The second-order valence-corrected chi connectivity index (χ2v) is 7.79. The lowest BCUT2D eigenvalue weighted by Gasteiger charge is -2.27. The molecule has 1 aromatic rings. The summed E-state index contributed by atoms with van der Waals surface area (Å²) in [4.78, 5) is 11.3. The molecule has 0 spiro atoms. The van der Waals surface area contributed by atoms with Gasteiger partial charge in [-0.05, 0) is 36.1 Å². The Bertz CT molecular complexity index is 620. The Morgan fingerprint density at radius 2 is 1.90 bits per heavy atom. The van der Waals surface area contributed by atoms with Gasteiger partial charge in [-0.3, -0.25) is 4.79 Å². The van der Waals surface area contributed by atoms with Gasteiger partial charge < -0.3 is 5.11 Å². The Morgan fingerprint density at radius 3 is 2.30 bits per heavy atom. The van der Waals surface area contributed by atoms with E-state index in [2.05, 4.69) is 4.72 Å². The lowest BCUT2D eigenvalue weighted by atomic mass is 9.88. The summed E-state index contributed by atoms with van der Waals surface area (Å²) < 4.78 is 26.9. The van der Waals surface area contributed by atoms with Gasteiger partial charge in [0.25, 0.3) is 0 Å². The number of benzene rings is 1. The fraction of sp³-hybridized carbons (Fsp3) is 0.462. The van der Waals surface area contributed by atoms with E-state index in [-0.39, 0.29) is 4.90 Å². The van der Waals surface area contributed by atoms with Crippen LogP contribution in [0.1, 0.15) is 26.3 Å². The smallest absolute Gasteiger partial charge is 0.322 e. The van der Waals surface area contributed by atoms with Crippen molar-refractivity contribution < 1.29 is 18.3 Å². The minimum Gasteiger partial charge on any atom is -0.480 e. The standard InChI is InChI=1S/C13H18ClNO4S/c1-8-7-9(14)5-6-10(8)20(18,19)15-11(12(16)17)13(2,3)4/h5-7,11,15H,1-4H3,(H,16,17). The van der Waals surface area contributed by atoms with Gasteiger partial charge in [0.1, 0.15) is 6.04 Å². The highest BCUT2D eigenvalue weighted by atomic mass is 35.5. The van der Waals surface area contributed by atoms with Crippen molar-refractivity contribution in [1.82, 2.24) is 4.72 Å². The Kier molecular flexibility index (Phi) is 4.84. The summed E-state index contributed by atoms with van der Waals surface area (Å²) in [6.07, 6.45) is 0. The van der Waals surface area contributed by atoms with Gasteiger partial charge in [0.2, 0.25) is 10.0 Å². The number of carbonyl (C=O) groups is 1. The van der Waals surface area contributed by atoms with E-state index < -0.39 is 27.4 Å². The predicted molar refractivity (Wildman–Crippen MR) is 77.4 cm³/mol. The molecule has 0 saturated heterocycles. The largest absolute Gasteiger partial charge is 0.480 e. The summed E-state index contributed by atoms with van der Waals surface area (Å²) in [5.74, 6) is -1.22.